The fraction of sp³-hybridized carbons (Fsp3) is 0.188. The van der Waals surface area contributed by atoms with Crippen molar-refractivity contribution in [2.75, 3.05) is 6.61 Å². The first kappa shape index (κ1) is 19.4. The Hall–Kier alpha value is -1.97. The van der Waals surface area contributed by atoms with Gasteiger partial charge in [0.15, 0.2) is 11.7 Å². The summed E-state index contributed by atoms with van der Waals surface area (Å²) in [5.74, 6) is -0.196. The van der Waals surface area contributed by atoms with Gasteiger partial charge in [0, 0.05) is 0 Å². The maximum atomic E-state index is 11.8. The molecule has 0 aliphatic heterocycles. The summed E-state index contributed by atoms with van der Waals surface area (Å²) in [6, 6.07) is 9.12. The molecule has 1 heterocycles. The van der Waals surface area contributed by atoms with Crippen molar-refractivity contribution in [2.45, 2.75) is 13.3 Å². The van der Waals surface area contributed by atoms with Gasteiger partial charge in [0.1, 0.15) is 5.75 Å². The van der Waals surface area contributed by atoms with E-state index in [1.54, 1.807) is 23.6 Å². The average Bonchev–Trinajstić information content (AvgIpc) is 3.13. The largest absolute Gasteiger partial charge is 0.483 e. The Morgan fingerprint density at radius 2 is 2.08 bits per heavy atom. The summed E-state index contributed by atoms with van der Waals surface area (Å²) in [4.78, 5) is 24.1. The number of ether oxygens (including phenoxy) is 1. The smallest absolute Gasteiger partial charge is 0.276 e. The number of hydrazine groups is 1. The summed E-state index contributed by atoms with van der Waals surface area (Å²) >= 11 is 9.65. The van der Waals surface area contributed by atoms with Crippen molar-refractivity contribution in [1.29, 1.82) is 0 Å². The number of carbonyl (C=O) groups is 2. The molecule has 0 saturated carbocycles. The van der Waals surface area contributed by atoms with Crippen LogP contribution in [0.25, 0.3) is 0 Å². The highest BCUT2D eigenvalue weighted by molar-refractivity contribution is 9.10. The van der Waals surface area contributed by atoms with Crippen LogP contribution >= 0.6 is 39.5 Å². The molecule has 0 radical (unpaired) electrons. The lowest BCUT2D eigenvalue weighted by Crippen LogP contribution is -2.49. The highest BCUT2D eigenvalue weighted by Crippen LogP contribution is 2.26. The van der Waals surface area contributed by atoms with E-state index in [0.717, 1.165) is 16.5 Å². The van der Waals surface area contributed by atoms with E-state index in [0.29, 0.717) is 10.6 Å². The van der Waals surface area contributed by atoms with E-state index in [9.17, 15) is 9.59 Å². The van der Waals surface area contributed by atoms with Gasteiger partial charge in [-0.15, -0.1) is 11.3 Å². The van der Waals surface area contributed by atoms with Gasteiger partial charge in [-0.2, -0.15) is 0 Å². The van der Waals surface area contributed by atoms with Crippen molar-refractivity contribution in [2.24, 2.45) is 0 Å². The zero-order valence-electron chi connectivity index (χ0n) is 13.3. The second-order valence-electron chi connectivity index (χ2n) is 4.84. The normalized spacial score (nSPS) is 10.0. The molecule has 2 aromatic rings. The molecule has 0 aliphatic carbocycles. The number of amides is 2. The predicted molar refractivity (Wildman–Crippen MR) is 105 cm³/mol. The van der Waals surface area contributed by atoms with Crippen LogP contribution in [-0.2, 0) is 11.2 Å². The van der Waals surface area contributed by atoms with Crippen molar-refractivity contribution in [3.05, 3.63) is 50.6 Å². The highest BCUT2D eigenvalue weighted by atomic mass is 79.9. The number of halogens is 1. The summed E-state index contributed by atoms with van der Waals surface area (Å²) in [7, 11) is 0. The number of aryl methyl sites for hydroxylation is 1. The van der Waals surface area contributed by atoms with E-state index in [4.69, 9.17) is 17.0 Å². The van der Waals surface area contributed by atoms with Crippen LogP contribution in [0.5, 0.6) is 5.75 Å². The van der Waals surface area contributed by atoms with Crippen molar-refractivity contribution in [3.8, 4) is 5.75 Å². The fourth-order valence-electron chi connectivity index (χ4n) is 1.79. The summed E-state index contributed by atoms with van der Waals surface area (Å²) < 4.78 is 6.23. The Balaban J connectivity index is 1.73. The molecule has 0 fully saturated rings. The van der Waals surface area contributed by atoms with Crippen LogP contribution in [-0.4, -0.2) is 23.5 Å². The Kier molecular flexibility index (Phi) is 7.35. The zero-order chi connectivity index (χ0) is 18.2. The maximum absolute atomic E-state index is 11.8. The van der Waals surface area contributed by atoms with Crippen molar-refractivity contribution >= 4 is 56.4 Å². The van der Waals surface area contributed by atoms with Crippen LogP contribution in [0.2, 0.25) is 0 Å². The lowest BCUT2D eigenvalue weighted by Gasteiger charge is -2.12. The first-order valence-electron chi connectivity index (χ1n) is 7.34. The lowest BCUT2D eigenvalue weighted by atomic mass is 10.2. The highest BCUT2D eigenvalue weighted by Gasteiger charge is 2.10. The van der Waals surface area contributed by atoms with Crippen LogP contribution in [0, 0.1) is 0 Å². The number of carbonyl (C=O) groups excluding carboxylic acids is 2. The number of hydrogen-bond acceptors (Lipinski definition) is 5. The van der Waals surface area contributed by atoms with E-state index < -0.39 is 5.91 Å². The minimum Gasteiger partial charge on any atom is -0.483 e. The summed E-state index contributed by atoms with van der Waals surface area (Å²) in [5.41, 5.74) is 5.98. The fourth-order valence-corrected chi connectivity index (χ4v) is 3.09. The molecule has 0 saturated heterocycles. The standard InChI is InChI=1S/C16H16BrN3O3S2/c1-2-10-5-6-12(11(17)8-10)23-9-14(21)19-20-16(24)18-15(22)13-4-3-7-25-13/h3-8H,2,9H2,1H3,(H,19,21)(H2,18,20,22,24). The lowest BCUT2D eigenvalue weighted by molar-refractivity contribution is -0.123. The van der Waals surface area contributed by atoms with Gasteiger partial charge in [0.05, 0.1) is 9.35 Å². The minimum absolute atomic E-state index is 0.000212. The Morgan fingerprint density at radius 3 is 2.72 bits per heavy atom. The van der Waals surface area contributed by atoms with E-state index in [1.165, 1.54) is 11.3 Å². The predicted octanol–water partition coefficient (Wildman–Crippen LogP) is 2.79. The van der Waals surface area contributed by atoms with Crippen molar-refractivity contribution in [3.63, 3.8) is 0 Å². The second kappa shape index (κ2) is 9.50. The van der Waals surface area contributed by atoms with Gasteiger partial charge in [0.25, 0.3) is 11.8 Å². The van der Waals surface area contributed by atoms with Gasteiger partial charge < -0.3 is 4.74 Å². The minimum atomic E-state index is -0.431. The Morgan fingerprint density at radius 1 is 1.28 bits per heavy atom. The van der Waals surface area contributed by atoms with Gasteiger partial charge in [-0.05, 0) is 63.7 Å². The monoisotopic (exact) mass is 441 g/mol. The van der Waals surface area contributed by atoms with E-state index in [2.05, 4.69) is 39.0 Å². The zero-order valence-corrected chi connectivity index (χ0v) is 16.5. The third-order valence-electron chi connectivity index (χ3n) is 3.05. The average molecular weight is 442 g/mol. The molecule has 1 aromatic carbocycles. The van der Waals surface area contributed by atoms with Gasteiger partial charge in [-0.25, -0.2) is 0 Å². The molecule has 1 aromatic heterocycles. The molecule has 25 heavy (non-hydrogen) atoms. The molecule has 0 spiro atoms. The van der Waals surface area contributed by atoms with Gasteiger partial charge in [0.2, 0.25) is 0 Å². The van der Waals surface area contributed by atoms with Crippen LogP contribution in [0.3, 0.4) is 0 Å². The molecule has 3 N–H and O–H groups in total. The first-order chi connectivity index (χ1) is 12.0. The Labute approximate surface area is 163 Å². The van der Waals surface area contributed by atoms with Gasteiger partial charge in [-0.3, -0.25) is 25.8 Å². The molecule has 2 amide bonds. The van der Waals surface area contributed by atoms with E-state index in [-0.39, 0.29) is 17.6 Å². The Bertz CT molecular complexity index is 766. The number of rotatable bonds is 5. The van der Waals surface area contributed by atoms with Gasteiger partial charge in [-0.1, -0.05) is 19.1 Å². The molecular formula is C16H16BrN3O3S2. The third-order valence-corrected chi connectivity index (χ3v) is 4.74. The van der Waals surface area contributed by atoms with Crippen molar-refractivity contribution in [1.82, 2.24) is 16.2 Å². The summed E-state index contributed by atoms with van der Waals surface area (Å²) in [5, 5.41) is 4.25. The SMILES string of the molecule is CCc1ccc(OCC(=O)NNC(=S)NC(=O)c2cccs2)c(Br)c1. The molecule has 2 rings (SSSR count). The molecule has 9 heteroatoms. The number of benzene rings is 1. The molecule has 0 bridgehead atoms. The van der Waals surface area contributed by atoms with Crippen LogP contribution in [0.15, 0.2) is 40.2 Å². The third kappa shape index (κ3) is 6.11. The summed E-state index contributed by atoms with van der Waals surface area (Å²) in [6.07, 6.45) is 0.915. The molecule has 0 atom stereocenters. The molecule has 132 valence electrons. The quantitative estimate of drug-likeness (QED) is 0.490. The number of thiophene rings is 1. The maximum Gasteiger partial charge on any atom is 0.276 e. The molecule has 0 aliphatic rings. The first-order valence-corrected chi connectivity index (χ1v) is 9.42. The number of nitrogens with one attached hydrogen (secondary N) is 3. The topological polar surface area (TPSA) is 79.5 Å². The second-order valence-corrected chi connectivity index (χ2v) is 7.05. The van der Waals surface area contributed by atoms with Gasteiger partial charge >= 0.3 is 0 Å². The number of hydrogen-bond donors (Lipinski definition) is 3. The van der Waals surface area contributed by atoms with E-state index >= 15 is 0 Å². The van der Waals surface area contributed by atoms with Crippen LogP contribution < -0.4 is 20.9 Å². The molecule has 0 unspecified atom stereocenters. The number of thiocarbonyl (C=S) groups is 1. The van der Waals surface area contributed by atoms with Crippen molar-refractivity contribution < 1.29 is 14.3 Å². The summed E-state index contributed by atoms with van der Waals surface area (Å²) in [6.45, 7) is 1.86. The molecular weight excluding hydrogens is 426 g/mol. The van der Waals surface area contributed by atoms with E-state index in [1.807, 2.05) is 12.1 Å². The van der Waals surface area contributed by atoms with Crippen LogP contribution in [0.4, 0.5) is 0 Å². The molecule has 6 nitrogen and oxygen atoms in total. The van der Waals surface area contributed by atoms with Crippen LogP contribution in [0.1, 0.15) is 22.2 Å².